The smallest absolute Gasteiger partial charge is 0.276 e. The molecule has 6 nitrogen and oxygen atoms in total. The van der Waals surface area contributed by atoms with Crippen LogP contribution in [0.5, 0.6) is 5.75 Å². The van der Waals surface area contributed by atoms with Crippen LogP contribution in [0.4, 0.5) is 0 Å². The van der Waals surface area contributed by atoms with Crippen LogP contribution >= 0.6 is 11.6 Å². The van der Waals surface area contributed by atoms with Gasteiger partial charge in [0, 0.05) is 24.0 Å². The van der Waals surface area contributed by atoms with Gasteiger partial charge in [-0.2, -0.15) is 5.10 Å². The Morgan fingerprint density at radius 3 is 2.52 bits per heavy atom. The molecule has 3 aromatic rings. The molecule has 0 saturated heterocycles. The monoisotopic (exact) mass is 463 g/mol. The number of hydrogen-bond donors (Lipinski definition) is 1. The highest BCUT2D eigenvalue weighted by Gasteiger charge is 2.41. The second-order valence-corrected chi connectivity index (χ2v) is 9.43. The second-order valence-electron chi connectivity index (χ2n) is 8.99. The number of nitrogens with zero attached hydrogens (tertiary/aromatic N) is 3. The van der Waals surface area contributed by atoms with E-state index in [1.165, 1.54) is 22.3 Å². The molecule has 2 atom stereocenters. The van der Waals surface area contributed by atoms with Crippen molar-refractivity contribution in [1.29, 1.82) is 0 Å². The van der Waals surface area contributed by atoms with Gasteiger partial charge in [0.25, 0.3) is 5.91 Å². The number of aromatic nitrogens is 2. The molecular weight excluding hydrogens is 438 g/mol. The Balaban J connectivity index is 1.78. The van der Waals surface area contributed by atoms with E-state index in [4.69, 9.17) is 11.6 Å². The van der Waals surface area contributed by atoms with Crippen molar-refractivity contribution in [2.75, 3.05) is 13.1 Å². The van der Waals surface area contributed by atoms with Crippen molar-refractivity contribution in [2.24, 2.45) is 0 Å². The molecule has 2 aromatic carbocycles. The topological polar surface area (TPSA) is 75.4 Å². The van der Waals surface area contributed by atoms with E-state index in [1.54, 1.807) is 9.58 Å². The van der Waals surface area contributed by atoms with E-state index in [0.29, 0.717) is 18.1 Å². The van der Waals surface area contributed by atoms with Crippen molar-refractivity contribution in [3.63, 3.8) is 0 Å². The van der Waals surface area contributed by atoms with Gasteiger partial charge in [-0.1, -0.05) is 48.4 Å². The molecule has 2 aliphatic rings. The zero-order chi connectivity index (χ0) is 23.3. The Hall–Kier alpha value is -3.12. The summed E-state index contributed by atoms with van der Waals surface area (Å²) in [6.07, 6.45) is 3.63. The lowest BCUT2D eigenvalue weighted by Crippen LogP contribution is -2.47. The van der Waals surface area contributed by atoms with Gasteiger partial charge in [-0.3, -0.25) is 14.3 Å². The highest BCUT2D eigenvalue weighted by atomic mass is 35.5. The quantitative estimate of drug-likeness (QED) is 0.630. The molecule has 7 heteroatoms. The van der Waals surface area contributed by atoms with Gasteiger partial charge in [-0.05, 0) is 60.6 Å². The standard InChI is InChI=1S/C26H26ClN3O3/c1-3-10-29-14-21(30-24(26(29)33)25(32)22(31)13-28-30)23-19-8-4-15(2)11-16(19)5-6-17-12-18(27)7-9-20(17)23/h4,7-9,11-13,21,23,32H,3,5-6,10,14H2,1-2H3. The van der Waals surface area contributed by atoms with Gasteiger partial charge in [-0.25, -0.2) is 0 Å². The number of carbonyl (C=O) groups is 1. The lowest BCUT2D eigenvalue weighted by Gasteiger charge is -2.39. The van der Waals surface area contributed by atoms with Crippen molar-refractivity contribution >= 4 is 17.5 Å². The third kappa shape index (κ3) is 3.62. The van der Waals surface area contributed by atoms with Crippen molar-refractivity contribution in [3.8, 4) is 5.75 Å². The number of fused-ring (bicyclic) bond motifs is 3. The Labute approximate surface area is 197 Å². The van der Waals surface area contributed by atoms with Crippen LogP contribution in [0.25, 0.3) is 0 Å². The minimum atomic E-state index is -0.643. The number of rotatable bonds is 3. The normalized spacial score (nSPS) is 19.5. The van der Waals surface area contributed by atoms with Gasteiger partial charge < -0.3 is 10.0 Å². The van der Waals surface area contributed by atoms with Gasteiger partial charge in [0.1, 0.15) is 0 Å². The van der Waals surface area contributed by atoms with Crippen LogP contribution in [0.15, 0.2) is 47.4 Å². The summed E-state index contributed by atoms with van der Waals surface area (Å²) >= 11 is 6.36. The van der Waals surface area contributed by atoms with E-state index in [-0.39, 0.29) is 23.6 Å². The fourth-order valence-electron chi connectivity index (χ4n) is 5.35. The number of aromatic hydroxyl groups is 1. The molecule has 0 spiro atoms. The number of amides is 1. The predicted molar refractivity (Wildman–Crippen MR) is 127 cm³/mol. The highest BCUT2D eigenvalue weighted by molar-refractivity contribution is 6.30. The number of aryl methyl sites for hydroxylation is 3. The Bertz CT molecular complexity index is 1260. The summed E-state index contributed by atoms with van der Waals surface area (Å²) < 4.78 is 1.57. The van der Waals surface area contributed by atoms with E-state index in [0.717, 1.165) is 31.0 Å². The first-order valence-corrected chi connectivity index (χ1v) is 11.7. The van der Waals surface area contributed by atoms with Crippen molar-refractivity contribution in [3.05, 3.63) is 91.4 Å². The summed E-state index contributed by atoms with van der Waals surface area (Å²) in [6, 6.07) is 12.2. The van der Waals surface area contributed by atoms with Crippen LogP contribution in [0.1, 0.15) is 63.6 Å². The second kappa shape index (κ2) is 8.34. The zero-order valence-corrected chi connectivity index (χ0v) is 19.5. The van der Waals surface area contributed by atoms with E-state index in [2.05, 4.69) is 36.3 Å². The van der Waals surface area contributed by atoms with Gasteiger partial charge >= 0.3 is 0 Å². The Kier molecular flexibility index (Phi) is 5.49. The average molecular weight is 464 g/mol. The first kappa shape index (κ1) is 21.7. The molecule has 2 unspecified atom stereocenters. The summed E-state index contributed by atoms with van der Waals surface area (Å²) in [4.78, 5) is 27.1. The van der Waals surface area contributed by atoms with Crippen LogP contribution in [0, 0.1) is 6.92 Å². The molecule has 0 fully saturated rings. The average Bonchev–Trinajstić information content (AvgIpc) is 2.94. The molecule has 33 heavy (non-hydrogen) atoms. The summed E-state index contributed by atoms with van der Waals surface area (Å²) in [5.74, 6) is -1.00. The lowest BCUT2D eigenvalue weighted by molar-refractivity contribution is 0.0634. The lowest BCUT2D eigenvalue weighted by atomic mass is 9.81. The third-order valence-corrected chi connectivity index (χ3v) is 7.05. The summed E-state index contributed by atoms with van der Waals surface area (Å²) in [6.45, 7) is 5.08. The van der Waals surface area contributed by atoms with Gasteiger partial charge in [0.15, 0.2) is 11.4 Å². The zero-order valence-electron chi connectivity index (χ0n) is 18.7. The fourth-order valence-corrected chi connectivity index (χ4v) is 5.55. The van der Waals surface area contributed by atoms with Crippen LogP contribution in [0.2, 0.25) is 5.02 Å². The maximum absolute atomic E-state index is 13.2. The minimum Gasteiger partial charge on any atom is -0.502 e. The van der Waals surface area contributed by atoms with E-state index in [1.807, 2.05) is 19.1 Å². The third-order valence-electron chi connectivity index (χ3n) is 6.81. The van der Waals surface area contributed by atoms with E-state index >= 15 is 0 Å². The molecule has 0 saturated carbocycles. The first-order chi connectivity index (χ1) is 15.9. The van der Waals surface area contributed by atoms with Crippen molar-refractivity contribution < 1.29 is 9.90 Å². The molecule has 1 aliphatic carbocycles. The molecule has 5 rings (SSSR count). The first-order valence-electron chi connectivity index (χ1n) is 11.4. The number of hydrogen-bond acceptors (Lipinski definition) is 4. The van der Waals surface area contributed by atoms with Gasteiger partial charge in [0.05, 0.1) is 12.2 Å². The number of halogens is 1. The minimum absolute atomic E-state index is 0.0272. The van der Waals surface area contributed by atoms with Crippen molar-refractivity contribution in [1.82, 2.24) is 14.7 Å². The maximum atomic E-state index is 13.2. The SMILES string of the molecule is CCCN1CC(C2c3ccc(C)cc3CCc3cc(Cl)ccc32)n2ncc(=O)c(O)c2C1=O. The molecule has 0 radical (unpaired) electrons. The highest BCUT2D eigenvalue weighted by Crippen LogP contribution is 2.44. The molecule has 2 heterocycles. The van der Waals surface area contributed by atoms with Crippen LogP contribution in [0.3, 0.4) is 0 Å². The molecular formula is C26H26ClN3O3. The van der Waals surface area contributed by atoms with Crippen LogP contribution in [-0.2, 0) is 12.8 Å². The van der Waals surface area contributed by atoms with Gasteiger partial charge in [-0.15, -0.1) is 0 Å². The van der Waals surface area contributed by atoms with E-state index in [9.17, 15) is 14.7 Å². The van der Waals surface area contributed by atoms with Crippen LogP contribution in [-0.4, -0.2) is 38.8 Å². The maximum Gasteiger partial charge on any atom is 0.276 e. The predicted octanol–water partition coefficient (Wildman–Crippen LogP) is 4.25. The van der Waals surface area contributed by atoms with E-state index < -0.39 is 11.2 Å². The summed E-state index contributed by atoms with van der Waals surface area (Å²) in [5.41, 5.74) is 5.29. The molecule has 1 amide bonds. The molecule has 1 aliphatic heterocycles. The van der Waals surface area contributed by atoms with Gasteiger partial charge in [0.2, 0.25) is 5.43 Å². The van der Waals surface area contributed by atoms with Crippen LogP contribution < -0.4 is 5.43 Å². The molecule has 0 bridgehead atoms. The Morgan fingerprint density at radius 2 is 1.79 bits per heavy atom. The van der Waals surface area contributed by atoms with Crippen molar-refractivity contribution in [2.45, 2.75) is 45.1 Å². The molecule has 170 valence electrons. The fraction of sp³-hybridized carbons (Fsp3) is 0.346. The number of benzene rings is 2. The summed E-state index contributed by atoms with van der Waals surface area (Å²) in [5, 5.41) is 15.7. The molecule has 1 aromatic heterocycles. The number of carbonyl (C=O) groups excluding carboxylic acids is 1. The molecule has 1 N–H and O–H groups in total. The summed E-state index contributed by atoms with van der Waals surface area (Å²) in [7, 11) is 0. The largest absolute Gasteiger partial charge is 0.502 e. The Morgan fingerprint density at radius 1 is 1.09 bits per heavy atom.